The maximum Gasteiger partial charge on any atom is 0.320 e. The molecule has 1 unspecified atom stereocenters. The van der Waals surface area contributed by atoms with Crippen molar-refractivity contribution in [2.45, 2.75) is 25.9 Å². The monoisotopic (exact) mass is 241 g/mol. The highest BCUT2D eigenvalue weighted by Gasteiger charge is 2.27. The fourth-order valence-corrected chi connectivity index (χ4v) is 2.54. The number of piperazine rings is 1. The summed E-state index contributed by atoms with van der Waals surface area (Å²) >= 11 is 0. The second-order valence-corrected chi connectivity index (χ2v) is 4.69. The Balaban J connectivity index is 1.85. The van der Waals surface area contributed by atoms with Crippen molar-refractivity contribution < 1.29 is 9.53 Å². The summed E-state index contributed by atoms with van der Waals surface area (Å²) in [7, 11) is 0. The zero-order chi connectivity index (χ0) is 12.1. The van der Waals surface area contributed by atoms with Crippen molar-refractivity contribution in [2.24, 2.45) is 0 Å². The average Bonchev–Trinajstić information content (AvgIpc) is 2.40. The number of amides is 2. The highest BCUT2D eigenvalue weighted by molar-refractivity contribution is 5.74. The lowest BCUT2D eigenvalue weighted by molar-refractivity contribution is 0.0112. The molecule has 17 heavy (non-hydrogen) atoms. The topological polar surface area (TPSA) is 44.8 Å². The lowest BCUT2D eigenvalue weighted by Crippen LogP contribution is -2.54. The molecule has 0 bridgehead atoms. The van der Waals surface area contributed by atoms with Crippen LogP contribution in [0.15, 0.2) is 0 Å². The molecule has 5 heteroatoms. The molecule has 1 atom stereocenters. The maximum atomic E-state index is 12.3. The molecule has 2 amide bonds. The number of rotatable bonds is 2. The van der Waals surface area contributed by atoms with Crippen LogP contribution < -0.4 is 5.32 Å². The average molecular weight is 241 g/mol. The van der Waals surface area contributed by atoms with Crippen LogP contribution >= 0.6 is 0 Å². The molecule has 5 nitrogen and oxygen atoms in total. The number of likely N-dealkylation sites (tertiary alicyclic amines) is 1. The fraction of sp³-hybridized carbons (Fsp3) is 0.917. The van der Waals surface area contributed by atoms with E-state index in [9.17, 15) is 4.79 Å². The molecule has 0 aromatic heterocycles. The van der Waals surface area contributed by atoms with Crippen molar-refractivity contribution in [2.75, 3.05) is 45.9 Å². The van der Waals surface area contributed by atoms with E-state index in [1.807, 2.05) is 16.7 Å². The fourth-order valence-electron chi connectivity index (χ4n) is 2.54. The molecule has 0 saturated carbocycles. The zero-order valence-electron chi connectivity index (χ0n) is 10.7. The van der Waals surface area contributed by atoms with Gasteiger partial charge in [-0.1, -0.05) is 0 Å². The summed E-state index contributed by atoms with van der Waals surface area (Å²) in [4.78, 5) is 16.2. The van der Waals surface area contributed by atoms with Gasteiger partial charge in [-0.3, -0.25) is 0 Å². The Hall–Kier alpha value is -0.810. The Kier molecular flexibility index (Phi) is 4.62. The molecule has 2 aliphatic heterocycles. The Morgan fingerprint density at radius 2 is 2.06 bits per heavy atom. The number of hydrogen-bond donors (Lipinski definition) is 1. The standard InChI is InChI=1S/C12H23N3O2/c1-2-17-11-4-3-7-15(10-11)12(16)14-8-5-13-6-9-14/h11,13H,2-10H2,1H3. The number of carbonyl (C=O) groups excluding carboxylic acids is 1. The first-order chi connectivity index (χ1) is 8.31. The minimum atomic E-state index is 0.191. The molecule has 1 N–H and O–H groups in total. The van der Waals surface area contributed by atoms with Crippen molar-refractivity contribution in [3.63, 3.8) is 0 Å². The van der Waals surface area contributed by atoms with Crippen molar-refractivity contribution in [3.05, 3.63) is 0 Å². The second kappa shape index (κ2) is 6.21. The van der Waals surface area contributed by atoms with Crippen LogP contribution in [0.25, 0.3) is 0 Å². The highest BCUT2D eigenvalue weighted by Crippen LogP contribution is 2.15. The van der Waals surface area contributed by atoms with E-state index < -0.39 is 0 Å². The van der Waals surface area contributed by atoms with E-state index in [4.69, 9.17) is 4.74 Å². The van der Waals surface area contributed by atoms with E-state index in [1.165, 1.54) is 0 Å². The Morgan fingerprint density at radius 3 is 2.76 bits per heavy atom. The van der Waals surface area contributed by atoms with Crippen LogP contribution in [-0.2, 0) is 4.74 Å². The van der Waals surface area contributed by atoms with Crippen molar-refractivity contribution in [1.29, 1.82) is 0 Å². The van der Waals surface area contributed by atoms with Gasteiger partial charge in [0.15, 0.2) is 0 Å². The highest BCUT2D eigenvalue weighted by atomic mass is 16.5. The van der Waals surface area contributed by atoms with Crippen molar-refractivity contribution >= 4 is 6.03 Å². The van der Waals surface area contributed by atoms with Crippen LogP contribution in [0.4, 0.5) is 4.79 Å². The van der Waals surface area contributed by atoms with Crippen LogP contribution in [0.1, 0.15) is 19.8 Å². The van der Waals surface area contributed by atoms with Gasteiger partial charge in [-0.05, 0) is 19.8 Å². The lowest BCUT2D eigenvalue weighted by atomic mass is 10.1. The molecule has 0 spiro atoms. The van der Waals surface area contributed by atoms with E-state index >= 15 is 0 Å². The van der Waals surface area contributed by atoms with E-state index in [0.29, 0.717) is 0 Å². The van der Waals surface area contributed by atoms with Gasteiger partial charge >= 0.3 is 6.03 Å². The van der Waals surface area contributed by atoms with Crippen LogP contribution in [0.3, 0.4) is 0 Å². The summed E-state index contributed by atoms with van der Waals surface area (Å²) in [5, 5.41) is 3.26. The molecule has 2 heterocycles. The molecule has 0 aromatic carbocycles. The summed E-state index contributed by atoms with van der Waals surface area (Å²) < 4.78 is 5.63. The van der Waals surface area contributed by atoms with Crippen LogP contribution in [0, 0.1) is 0 Å². The second-order valence-electron chi connectivity index (χ2n) is 4.69. The van der Waals surface area contributed by atoms with Crippen molar-refractivity contribution in [1.82, 2.24) is 15.1 Å². The first-order valence-electron chi connectivity index (χ1n) is 6.67. The molecular weight excluding hydrogens is 218 g/mol. The quantitative estimate of drug-likeness (QED) is 0.766. The minimum Gasteiger partial charge on any atom is -0.377 e. The molecule has 2 aliphatic rings. The van der Waals surface area contributed by atoms with Gasteiger partial charge in [-0.2, -0.15) is 0 Å². The summed E-state index contributed by atoms with van der Waals surface area (Å²) in [6.07, 6.45) is 2.38. The van der Waals surface area contributed by atoms with E-state index in [0.717, 1.165) is 58.7 Å². The number of nitrogens with one attached hydrogen (secondary N) is 1. The van der Waals surface area contributed by atoms with Gasteiger partial charge in [0.05, 0.1) is 6.10 Å². The number of carbonyl (C=O) groups is 1. The summed E-state index contributed by atoms with van der Waals surface area (Å²) in [5.74, 6) is 0. The minimum absolute atomic E-state index is 0.191. The van der Waals surface area contributed by atoms with E-state index in [2.05, 4.69) is 5.32 Å². The van der Waals surface area contributed by atoms with Gasteiger partial charge in [0, 0.05) is 45.9 Å². The SMILES string of the molecule is CCOC1CCCN(C(=O)N2CCNCC2)C1. The van der Waals surface area contributed by atoms with Crippen LogP contribution in [0.5, 0.6) is 0 Å². The van der Waals surface area contributed by atoms with Gasteiger partial charge in [0.25, 0.3) is 0 Å². The third-order valence-electron chi connectivity index (χ3n) is 3.44. The predicted molar refractivity (Wildman–Crippen MR) is 66.1 cm³/mol. The van der Waals surface area contributed by atoms with Crippen LogP contribution in [0.2, 0.25) is 0 Å². The van der Waals surface area contributed by atoms with Gasteiger partial charge in [-0.25, -0.2) is 4.79 Å². The van der Waals surface area contributed by atoms with Crippen molar-refractivity contribution in [3.8, 4) is 0 Å². The number of nitrogens with zero attached hydrogens (tertiary/aromatic N) is 2. The molecule has 2 fully saturated rings. The van der Waals surface area contributed by atoms with Gasteiger partial charge in [0.2, 0.25) is 0 Å². The Morgan fingerprint density at radius 1 is 1.29 bits per heavy atom. The Labute approximate surface area is 103 Å². The molecule has 98 valence electrons. The van der Waals surface area contributed by atoms with E-state index in [-0.39, 0.29) is 12.1 Å². The smallest absolute Gasteiger partial charge is 0.320 e. The summed E-state index contributed by atoms with van der Waals surface area (Å²) in [6.45, 7) is 7.87. The van der Waals surface area contributed by atoms with E-state index in [1.54, 1.807) is 0 Å². The molecule has 0 aliphatic carbocycles. The third kappa shape index (κ3) is 3.33. The zero-order valence-corrected chi connectivity index (χ0v) is 10.7. The lowest BCUT2D eigenvalue weighted by Gasteiger charge is -2.37. The normalized spacial score (nSPS) is 26.1. The number of piperidine rings is 1. The number of urea groups is 1. The summed E-state index contributed by atoms with van der Waals surface area (Å²) in [5.41, 5.74) is 0. The number of hydrogen-bond acceptors (Lipinski definition) is 3. The third-order valence-corrected chi connectivity index (χ3v) is 3.44. The maximum absolute atomic E-state index is 12.3. The van der Waals surface area contributed by atoms with Gasteiger partial charge < -0.3 is 19.9 Å². The first kappa shape index (κ1) is 12.6. The largest absolute Gasteiger partial charge is 0.377 e. The van der Waals surface area contributed by atoms with Gasteiger partial charge in [-0.15, -0.1) is 0 Å². The van der Waals surface area contributed by atoms with Gasteiger partial charge in [0.1, 0.15) is 0 Å². The summed E-state index contributed by atoms with van der Waals surface area (Å²) in [6, 6.07) is 0.191. The first-order valence-corrected chi connectivity index (χ1v) is 6.67. The van der Waals surface area contributed by atoms with Crippen LogP contribution in [-0.4, -0.2) is 67.8 Å². The Bertz CT molecular complexity index is 252. The molecule has 2 rings (SSSR count). The molecular formula is C12H23N3O2. The molecule has 0 radical (unpaired) electrons. The predicted octanol–water partition coefficient (Wildman–Crippen LogP) is 0.513. The molecule has 0 aromatic rings. The number of ether oxygens (including phenoxy) is 1. The molecule has 2 saturated heterocycles.